The van der Waals surface area contributed by atoms with Crippen LogP contribution in [0.15, 0.2) is 4.99 Å². The minimum absolute atomic E-state index is 0.0755. The Morgan fingerprint density at radius 1 is 1.64 bits per heavy atom. The molecular formula is C7H17N3O. The summed E-state index contributed by atoms with van der Waals surface area (Å²) in [4.78, 5) is 3.92. The fraction of sp³-hybridized carbons (Fsp3) is 0.857. The van der Waals surface area contributed by atoms with E-state index in [1.54, 1.807) is 5.48 Å². The Morgan fingerprint density at radius 3 is 2.55 bits per heavy atom. The minimum atomic E-state index is 0.0755. The van der Waals surface area contributed by atoms with E-state index in [0.717, 1.165) is 6.42 Å². The number of guanidine groups is 1. The Kier molecular flexibility index (Phi) is 3.89. The molecule has 0 spiro atoms. The van der Waals surface area contributed by atoms with E-state index >= 15 is 0 Å². The van der Waals surface area contributed by atoms with Gasteiger partial charge in [0.2, 0.25) is 5.96 Å². The molecule has 0 bridgehead atoms. The molecule has 0 aliphatic rings. The molecule has 0 amide bonds. The molecule has 4 N–H and O–H groups in total. The van der Waals surface area contributed by atoms with Gasteiger partial charge in [0.25, 0.3) is 0 Å². The second-order valence-electron chi connectivity index (χ2n) is 3.33. The van der Waals surface area contributed by atoms with Crippen LogP contribution in [0.25, 0.3) is 0 Å². The van der Waals surface area contributed by atoms with E-state index in [1.807, 2.05) is 0 Å². The molecule has 0 fully saturated rings. The number of rotatable bonds is 3. The first kappa shape index (κ1) is 10.2. The fourth-order valence-electron chi connectivity index (χ4n) is 0.446. The zero-order valence-electron chi connectivity index (χ0n) is 7.39. The van der Waals surface area contributed by atoms with Crippen molar-refractivity contribution >= 4 is 5.96 Å². The van der Waals surface area contributed by atoms with Gasteiger partial charge in [0.1, 0.15) is 0 Å². The number of hydrogen-bond donors (Lipinski definition) is 3. The Morgan fingerprint density at radius 2 is 2.18 bits per heavy atom. The van der Waals surface area contributed by atoms with E-state index in [2.05, 4.69) is 25.8 Å². The van der Waals surface area contributed by atoms with E-state index in [9.17, 15) is 0 Å². The van der Waals surface area contributed by atoms with Crippen molar-refractivity contribution in [1.82, 2.24) is 5.48 Å². The summed E-state index contributed by atoms with van der Waals surface area (Å²) in [6.07, 6.45) is 1.04. The highest BCUT2D eigenvalue weighted by molar-refractivity contribution is 5.76. The standard InChI is InChI=1S/C7H17N3O/c1-4-7(2,3)5-9-6(8)10-11/h11H,4-5H2,1-3H3,(H3,8,9,10). The molecule has 11 heavy (non-hydrogen) atoms. The average Bonchev–Trinajstić information content (AvgIpc) is 2.00. The normalized spacial score (nSPS) is 13.3. The van der Waals surface area contributed by atoms with Crippen LogP contribution >= 0.6 is 0 Å². The van der Waals surface area contributed by atoms with Crippen molar-refractivity contribution in [3.05, 3.63) is 0 Å². The lowest BCUT2D eigenvalue weighted by Gasteiger charge is -2.19. The molecule has 0 aliphatic heterocycles. The van der Waals surface area contributed by atoms with Crippen LogP contribution in [0.4, 0.5) is 0 Å². The summed E-state index contributed by atoms with van der Waals surface area (Å²) in [5.74, 6) is 0.0755. The van der Waals surface area contributed by atoms with Crippen molar-refractivity contribution in [3.8, 4) is 0 Å². The Labute approximate surface area is 67.5 Å². The summed E-state index contributed by atoms with van der Waals surface area (Å²) in [6.45, 7) is 6.92. The monoisotopic (exact) mass is 159 g/mol. The maximum absolute atomic E-state index is 8.30. The van der Waals surface area contributed by atoms with Gasteiger partial charge in [-0.1, -0.05) is 20.8 Å². The first-order valence-electron chi connectivity index (χ1n) is 3.72. The molecule has 0 rings (SSSR count). The Hall–Kier alpha value is -0.770. The van der Waals surface area contributed by atoms with Crippen LogP contribution in [0.3, 0.4) is 0 Å². The molecule has 0 atom stereocenters. The summed E-state index contributed by atoms with van der Waals surface area (Å²) in [5.41, 5.74) is 7.17. The van der Waals surface area contributed by atoms with Crippen LogP contribution in [-0.4, -0.2) is 17.7 Å². The minimum Gasteiger partial charge on any atom is -0.368 e. The molecule has 0 radical (unpaired) electrons. The summed E-state index contributed by atoms with van der Waals surface area (Å²) < 4.78 is 0. The van der Waals surface area contributed by atoms with Gasteiger partial charge in [0.05, 0.1) is 0 Å². The topological polar surface area (TPSA) is 70.6 Å². The molecule has 0 aromatic rings. The second-order valence-corrected chi connectivity index (χ2v) is 3.33. The van der Waals surface area contributed by atoms with E-state index in [1.165, 1.54) is 0 Å². The summed E-state index contributed by atoms with van der Waals surface area (Å²) in [6, 6.07) is 0. The third kappa shape index (κ3) is 4.61. The van der Waals surface area contributed by atoms with Gasteiger partial charge in [0, 0.05) is 6.54 Å². The zero-order chi connectivity index (χ0) is 8.91. The first-order chi connectivity index (χ1) is 5.02. The molecule has 66 valence electrons. The maximum atomic E-state index is 8.30. The molecule has 0 aromatic carbocycles. The van der Waals surface area contributed by atoms with Gasteiger partial charge in [-0.05, 0) is 11.8 Å². The summed E-state index contributed by atoms with van der Waals surface area (Å²) >= 11 is 0. The van der Waals surface area contributed by atoms with Crippen LogP contribution in [0, 0.1) is 5.41 Å². The number of hydrogen-bond acceptors (Lipinski definition) is 2. The second kappa shape index (κ2) is 4.18. The first-order valence-corrected chi connectivity index (χ1v) is 3.72. The molecule has 0 saturated carbocycles. The van der Waals surface area contributed by atoms with Crippen LogP contribution in [-0.2, 0) is 0 Å². The van der Waals surface area contributed by atoms with Crippen LogP contribution in [0.1, 0.15) is 27.2 Å². The molecule has 0 unspecified atom stereocenters. The van der Waals surface area contributed by atoms with E-state index < -0.39 is 0 Å². The molecule has 0 aliphatic carbocycles. The van der Waals surface area contributed by atoms with Gasteiger partial charge in [-0.3, -0.25) is 10.2 Å². The highest BCUT2D eigenvalue weighted by Gasteiger charge is 2.13. The van der Waals surface area contributed by atoms with Gasteiger partial charge in [0.15, 0.2) is 0 Å². The fourth-order valence-corrected chi connectivity index (χ4v) is 0.446. The molecule has 0 saturated heterocycles. The van der Waals surface area contributed by atoms with Crippen molar-refractivity contribution in [2.75, 3.05) is 6.54 Å². The van der Waals surface area contributed by atoms with E-state index in [0.29, 0.717) is 6.54 Å². The maximum Gasteiger partial charge on any atom is 0.212 e. The highest BCUT2D eigenvalue weighted by Crippen LogP contribution is 2.19. The predicted octanol–water partition coefficient (Wildman–Crippen LogP) is 0.716. The van der Waals surface area contributed by atoms with Crippen molar-refractivity contribution in [2.24, 2.45) is 16.1 Å². The van der Waals surface area contributed by atoms with E-state index in [4.69, 9.17) is 10.9 Å². The molecule has 4 nitrogen and oxygen atoms in total. The molecule has 4 heteroatoms. The SMILES string of the molecule is CCC(C)(C)CN=C(N)NO. The van der Waals surface area contributed by atoms with Crippen molar-refractivity contribution < 1.29 is 5.21 Å². The largest absolute Gasteiger partial charge is 0.368 e. The molecule has 0 aromatic heterocycles. The zero-order valence-corrected chi connectivity index (χ0v) is 7.39. The molecular weight excluding hydrogens is 142 g/mol. The van der Waals surface area contributed by atoms with Gasteiger partial charge in [-0.15, -0.1) is 0 Å². The van der Waals surface area contributed by atoms with Gasteiger partial charge in [-0.25, -0.2) is 5.48 Å². The number of nitrogens with two attached hydrogens (primary N) is 1. The van der Waals surface area contributed by atoms with Crippen molar-refractivity contribution in [2.45, 2.75) is 27.2 Å². The predicted molar refractivity (Wildman–Crippen MR) is 45.5 cm³/mol. The van der Waals surface area contributed by atoms with Gasteiger partial charge < -0.3 is 5.73 Å². The summed E-state index contributed by atoms with van der Waals surface area (Å²) in [5, 5.41) is 8.30. The highest BCUT2D eigenvalue weighted by atomic mass is 16.5. The lowest BCUT2D eigenvalue weighted by atomic mass is 9.91. The van der Waals surface area contributed by atoms with Crippen molar-refractivity contribution in [3.63, 3.8) is 0 Å². The number of aliphatic imine (C=N–C) groups is 1. The van der Waals surface area contributed by atoms with Gasteiger partial charge in [-0.2, -0.15) is 0 Å². The third-order valence-corrected chi connectivity index (χ3v) is 1.75. The van der Waals surface area contributed by atoms with Crippen molar-refractivity contribution in [1.29, 1.82) is 0 Å². The van der Waals surface area contributed by atoms with Crippen LogP contribution < -0.4 is 11.2 Å². The number of nitrogens with one attached hydrogen (secondary N) is 1. The Balaban J connectivity index is 3.86. The summed E-state index contributed by atoms with van der Waals surface area (Å²) in [7, 11) is 0. The third-order valence-electron chi connectivity index (χ3n) is 1.75. The number of hydroxylamine groups is 1. The van der Waals surface area contributed by atoms with Crippen LogP contribution in [0.5, 0.6) is 0 Å². The lowest BCUT2D eigenvalue weighted by molar-refractivity contribution is 0.231. The van der Waals surface area contributed by atoms with E-state index in [-0.39, 0.29) is 11.4 Å². The lowest BCUT2D eigenvalue weighted by Crippen LogP contribution is -2.30. The smallest absolute Gasteiger partial charge is 0.212 e. The number of nitrogens with zero attached hydrogens (tertiary/aromatic N) is 1. The van der Waals surface area contributed by atoms with Crippen LogP contribution in [0.2, 0.25) is 0 Å². The Bertz CT molecular complexity index is 143. The quantitative estimate of drug-likeness (QED) is 0.323. The van der Waals surface area contributed by atoms with Gasteiger partial charge >= 0.3 is 0 Å². The molecule has 0 heterocycles. The average molecular weight is 159 g/mol.